The predicted molar refractivity (Wildman–Crippen MR) is 621 cm³/mol. The summed E-state index contributed by atoms with van der Waals surface area (Å²) in [4.78, 5) is 0. The smallest absolute Gasteiger partial charge is 0.0657 e. The first-order chi connectivity index (χ1) is 68.4. The van der Waals surface area contributed by atoms with Crippen molar-refractivity contribution in [3.63, 3.8) is 0 Å². The topological polar surface area (TPSA) is 0 Å². The van der Waals surface area contributed by atoms with E-state index in [0.29, 0.717) is 0 Å². The Morgan fingerprint density at radius 3 is 0.652 bits per heavy atom. The molecule has 0 heterocycles. The SMILES string of the molecule is Cc1cc(C)c(B(c2c(C)cc(C)cc2C)c2ccc3ccc4c(-c5ccc(-c6ccccc6)cc5)ccc5ccc2c3c54)c(C)c1.Cc1cc(C)c(B(c2c(C)cc(C)cc2C)c2ccc3ccc4c(-c5cccc(-c6ccccc6)c5)ccc5ccc2c3c54)c(C)c1.Cc1cc(C)c(B(c2c(C)cc(C)cc2C)c2ccc3ccc4c(-c5ccccc5-c5ccccc5)ccc5ccc2c3c54)c(C)c1. The van der Waals surface area contributed by atoms with Gasteiger partial charge in [0.15, 0.2) is 0 Å². The second kappa shape index (κ2) is 36.7. The van der Waals surface area contributed by atoms with Crippen LogP contribution in [0, 0.1) is 125 Å². The predicted octanol–water partition coefficient (Wildman–Crippen LogP) is 30.9. The molecule has 0 aliphatic heterocycles. The van der Waals surface area contributed by atoms with Crippen LogP contribution in [0.3, 0.4) is 0 Å². The molecule has 0 N–H and O–H groups in total. The molecule has 0 spiro atoms. The number of hydrogen-bond donors (Lipinski definition) is 0. The van der Waals surface area contributed by atoms with Crippen LogP contribution in [0.2, 0.25) is 0 Å². The zero-order chi connectivity index (χ0) is 97.2. The summed E-state index contributed by atoms with van der Waals surface area (Å²) >= 11 is 0. The Hall–Kier alpha value is -15.4. The average Bonchev–Trinajstić information content (AvgIpc) is 0.723. The molecule has 0 nitrogen and oxygen atoms in total. The van der Waals surface area contributed by atoms with E-state index in [1.165, 1.54) is 313 Å². The molecule has 0 atom stereocenters. The molecule has 3 heteroatoms. The molecule has 0 saturated heterocycles. The van der Waals surface area contributed by atoms with Gasteiger partial charge in [-0.25, -0.2) is 0 Å². The lowest BCUT2D eigenvalue weighted by Crippen LogP contribution is -2.56. The first-order valence-corrected chi connectivity index (χ1v) is 50.4. The lowest BCUT2D eigenvalue weighted by molar-refractivity contribution is 1.34. The summed E-state index contributed by atoms with van der Waals surface area (Å²) in [5, 5.41) is 23.9. The summed E-state index contributed by atoms with van der Waals surface area (Å²) in [7, 11) is 0. The van der Waals surface area contributed by atoms with Crippen LogP contribution in [0.5, 0.6) is 0 Å². The Bertz CT molecular complexity index is 8730. The van der Waals surface area contributed by atoms with E-state index in [2.05, 4.69) is 507 Å². The van der Waals surface area contributed by atoms with Crippen molar-refractivity contribution in [2.75, 3.05) is 0 Å². The Kier molecular flexibility index (Phi) is 23.6. The molecule has 24 aromatic carbocycles. The molecule has 0 fully saturated rings. The summed E-state index contributed by atoms with van der Waals surface area (Å²) in [6, 6.07) is 144. The maximum atomic E-state index is 2.41. The lowest BCUT2D eigenvalue weighted by atomic mass is 9.33. The summed E-state index contributed by atoms with van der Waals surface area (Å²) < 4.78 is 0. The Morgan fingerprint density at radius 1 is 0.128 bits per heavy atom. The number of rotatable bonds is 15. The van der Waals surface area contributed by atoms with E-state index in [4.69, 9.17) is 0 Å². The van der Waals surface area contributed by atoms with Crippen molar-refractivity contribution in [2.24, 2.45) is 0 Å². The van der Waals surface area contributed by atoms with Crippen molar-refractivity contribution >= 4 is 166 Å². The maximum Gasteiger partial charge on any atom is 0.243 e. The fraction of sp³-hybridized carbons (Fsp3) is 0.130. The van der Waals surface area contributed by atoms with Crippen molar-refractivity contribution < 1.29 is 0 Å². The van der Waals surface area contributed by atoms with Gasteiger partial charge in [-0.2, -0.15) is 0 Å². The normalized spacial score (nSPS) is 11.6. The number of aryl methyl sites for hydroxylation is 18. The Morgan fingerprint density at radius 2 is 0.333 bits per heavy atom. The van der Waals surface area contributed by atoms with Crippen molar-refractivity contribution in [3.8, 4) is 66.8 Å². The van der Waals surface area contributed by atoms with Gasteiger partial charge in [-0.3, -0.25) is 0 Å². The monoisotopic (exact) mass is 1810 g/mol. The van der Waals surface area contributed by atoms with Crippen molar-refractivity contribution in [1.82, 2.24) is 0 Å². The van der Waals surface area contributed by atoms with Crippen molar-refractivity contribution in [1.29, 1.82) is 0 Å². The second-order valence-electron chi connectivity index (χ2n) is 41.0. The minimum Gasteiger partial charge on any atom is -0.0657 e. The van der Waals surface area contributed by atoms with E-state index in [-0.39, 0.29) is 20.1 Å². The van der Waals surface area contributed by atoms with E-state index in [1.54, 1.807) is 0 Å². The molecule has 0 amide bonds. The third-order valence-electron chi connectivity index (χ3n) is 31.1. The van der Waals surface area contributed by atoms with Gasteiger partial charge in [-0.1, -0.05) is 525 Å². The molecule has 24 aromatic rings. The molecule has 0 unspecified atom stereocenters. The van der Waals surface area contributed by atoms with Crippen LogP contribution < -0.4 is 49.2 Å². The highest BCUT2D eigenvalue weighted by atomic mass is 14.3. The van der Waals surface area contributed by atoms with Gasteiger partial charge in [-0.15, -0.1) is 0 Å². The van der Waals surface area contributed by atoms with E-state index >= 15 is 0 Å². The van der Waals surface area contributed by atoms with Crippen LogP contribution in [0.4, 0.5) is 0 Å². The zero-order valence-corrected chi connectivity index (χ0v) is 84.6. The van der Waals surface area contributed by atoms with Crippen LogP contribution in [-0.2, 0) is 0 Å². The fourth-order valence-electron chi connectivity index (χ4n) is 25.8. The molecule has 24 rings (SSSR count). The first kappa shape index (κ1) is 90.7. The third kappa shape index (κ3) is 16.2. The minimum atomic E-state index is 0.124. The number of hydrogen-bond acceptors (Lipinski definition) is 0. The summed E-state index contributed by atoms with van der Waals surface area (Å²) in [6.07, 6.45) is 0. The highest BCUT2D eigenvalue weighted by Gasteiger charge is 2.36. The second-order valence-corrected chi connectivity index (χ2v) is 41.0. The minimum absolute atomic E-state index is 0.124. The van der Waals surface area contributed by atoms with Crippen LogP contribution in [0.1, 0.15) is 100 Å². The molecule has 678 valence electrons. The fourth-order valence-corrected chi connectivity index (χ4v) is 25.8. The van der Waals surface area contributed by atoms with Crippen LogP contribution in [0.15, 0.2) is 382 Å². The van der Waals surface area contributed by atoms with Crippen molar-refractivity contribution in [3.05, 3.63) is 482 Å². The highest BCUT2D eigenvalue weighted by molar-refractivity contribution is 6.99. The highest BCUT2D eigenvalue weighted by Crippen LogP contribution is 2.46. The molecule has 0 bridgehead atoms. The van der Waals surface area contributed by atoms with E-state index in [1.807, 2.05) is 0 Å². The molecular formula is C138H117B3. The van der Waals surface area contributed by atoms with Crippen molar-refractivity contribution in [2.45, 2.75) is 125 Å². The number of benzene rings is 24. The van der Waals surface area contributed by atoms with Crippen LogP contribution in [0.25, 0.3) is 164 Å². The molecule has 0 aliphatic carbocycles. The summed E-state index contributed by atoms with van der Waals surface area (Å²) in [5.74, 6) is 0. The summed E-state index contributed by atoms with van der Waals surface area (Å²) in [5.41, 5.74) is 52.0. The average molecular weight is 1810 g/mol. The molecule has 0 saturated carbocycles. The molecule has 0 aromatic heterocycles. The van der Waals surface area contributed by atoms with Gasteiger partial charge in [0.25, 0.3) is 0 Å². The van der Waals surface area contributed by atoms with E-state index in [0.717, 1.165) is 0 Å². The molecule has 0 aliphatic rings. The van der Waals surface area contributed by atoms with Gasteiger partial charge >= 0.3 is 0 Å². The lowest BCUT2D eigenvalue weighted by Gasteiger charge is -2.26. The third-order valence-corrected chi connectivity index (χ3v) is 31.1. The quantitative estimate of drug-likeness (QED) is 0.0709. The van der Waals surface area contributed by atoms with E-state index < -0.39 is 0 Å². The van der Waals surface area contributed by atoms with Gasteiger partial charge in [0.1, 0.15) is 0 Å². The van der Waals surface area contributed by atoms with Gasteiger partial charge in [-0.05, 0) is 294 Å². The van der Waals surface area contributed by atoms with Crippen LogP contribution >= 0.6 is 0 Å². The molecule has 141 heavy (non-hydrogen) atoms. The maximum absolute atomic E-state index is 2.41. The van der Waals surface area contributed by atoms with E-state index in [9.17, 15) is 0 Å². The standard InChI is InChI=1S/3C46H39B/c1-28-24-30(3)45(31(4)25-28)47(46-32(5)26-29(2)27-33(46)6)42-23-19-36-17-21-40-39(20-16-35-18-22-41(42)44(36)43(35)40)38-15-11-10-14-37(38)34-12-8-7-9-13-34;1-28-23-30(3)45(31(4)24-28)47(46-32(5)25-29(2)26-33(46)6)42-22-18-36-16-20-40-39(19-15-35-17-21-41(42)44(36)43(35)40)38-14-10-13-37(27-38)34-11-8-7-9-12-34;1-28-24-30(3)45(31(4)25-28)47(46-32(5)26-29(2)27-33(46)6)42-23-19-38-17-21-40-39(20-16-37-18-22-41(42)44(38)43(37)40)36-14-12-35(13-15-36)34-10-8-7-9-11-34/h3*7-27H,1-6H3. The first-order valence-electron chi connectivity index (χ1n) is 50.4. The van der Waals surface area contributed by atoms with Gasteiger partial charge < -0.3 is 0 Å². The van der Waals surface area contributed by atoms with Crippen LogP contribution in [-0.4, -0.2) is 20.1 Å². The largest absolute Gasteiger partial charge is 0.243 e. The summed E-state index contributed by atoms with van der Waals surface area (Å²) in [6.45, 7) is 41.2. The Labute approximate surface area is 833 Å². The van der Waals surface area contributed by atoms with Gasteiger partial charge in [0.2, 0.25) is 20.1 Å². The van der Waals surface area contributed by atoms with Gasteiger partial charge in [0.05, 0.1) is 0 Å². The zero-order valence-electron chi connectivity index (χ0n) is 84.6. The Balaban J connectivity index is 0.000000121. The molecular weight excluding hydrogens is 1690 g/mol. The molecule has 0 radical (unpaired) electrons. The van der Waals surface area contributed by atoms with Gasteiger partial charge in [0, 0.05) is 0 Å².